The van der Waals surface area contributed by atoms with Gasteiger partial charge in [0.15, 0.2) is 0 Å². The second-order valence-electron chi connectivity index (χ2n) is 6.78. The van der Waals surface area contributed by atoms with E-state index in [0.29, 0.717) is 21.5 Å². The minimum absolute atomic E-state index is 0.275. The van der Waals surface area contributed by atoms with E-state index in [0.717, 1.165) is 16.9 Å². The van der Waals surface area contributed by atoms with Gasteiger partial charge >= 0.3 is 5.69 Å². The summed E-state index contributed by atoms with van der Waals surface area (Å²) in [5.41, 5.74) is -1.56. The molecule has 0 atom stereocenters. The van der Waals surface area contributed by atoms with E-state index >= 15 is 0 Å². The summed E-state index contributed by atoms with van der Waals surface area (Å²) >= 11 is 0. The van der Waals surface area contributed by atoms with Crippen molar-refractivity contribution in [1.82, 2.24) is 19.3 Å². The quantitative estimate of drug-likeness (QED) is 0.508. The van der Waals surface area contributed by atoms with Crippen molar-refractivity contribution in [3.63, 3.8) is 0 Å². The van der Waals surface area contributed by atoms with Gasteiger partial charge in [-0.1, -0.05) is 30.3 Å². The molecule has 2 N–H and O–H groups in total. The van der Waals surface area contributed by atoms with Crippen LogP contribution in [0.3, 0.4) is 0 Å². The van der Waals surface area contributed by atoms with Crippen LogP contribution in [0, 0.1) is 5.82 Å². The first-order valence-electron chi connectivity index (χ1n) is 9.41. The number of para-hydroxylation sites is 2. The van der Waals surface area contributed by atoms with Crippen LogP contribution in [-0.4, -0.2) is 25.2 Å². The Hall–Kier alpha value is -4.60. The molecule has 0 bridgehead atoms. The van der Waals surface area contributed by atoms with Gasteiger partial charge in [0, 0.05) is 24.9 Å². The standard InChI is InChI=1S/C22H16FN5O4/c1-27-19(29)11-10-17(26-27)13-6-2-4-8-16(13)25-20(30)14-12-24-22(32)28(21(14)31)18-9-5-3-7-15(18)23/h2-12H,1H3,(H,24,32)(H,25,30). The van der Waals surface area contributed by atoms with Crippen LogP contribution in [0.1, 0.15) is 10.4 Å². The average molecular weight is 433 g/mol. The maximum absolute atomic E-state index is 14.2. The molecule has 2 heterocycles. The van der Waals surface area contributed by atoms with E-state index in [1.165, 1.54) is 37.4 Å². The number of nitrogens with zero attached hydrogens (tertiary/aromatic N) is 3. The van der Waals surface area contributed by atoms with Crippen molar-refractivity contribution in [2.75, 3.05) is 5.32 Å². The van der Waals surface area contributed by atoms with E-state index in [4.69, 9.17) is 0 Å². The fraction of sp³-hybridized carbons (Fsp3) is 0.0455. The Kier molecular flexibility index (Phi) is 5.34. The average Bonchev–Trinajstić information content (AvgIpc) is 2.77. The van der Waals surface area contributed by atoms with E-state index in [-0.39, 0.29) is 11.2 Å². The Balaban J connectivity index is 1.75. The number of aromatic amines is 1. The van der Waals surface area contributed by atoms with E-state index in [1.807, 2.05) is 0 Å². The van der Waals surface area contributed by atoms with Gasteiger partial charge in [-0.05, 0) is 24.3 Å². The Morgan fingerprint density at radius 3 is 2.47 bits per heavy atom. The Morgan fingerprint density at radius 1 is 1.00 bits per heavy atom. The van der Waals surface area contributed by atoms with Gasteiger partial charge in [0.2, 0.25) is 0 Å². The number of rotatable bonds is 4. The second kappa shape index (κ2) is 8.26. The van der Waals surface area contributed by atoms with E-state index < -0.39 is 28.5 Å². The Morgan fingerprint density at radius 2 is 1.72 bits per heavy atom. The molecule has 0 fully saturated rings. The third kappa shape index (κ3) is 3.76. The lowest BCUT2D eigenvalue weighted by molar-refractivity contribution is 0.102. The molecule has 4 rings (SSSR count). The van der Waals surface area contributed by atoms with Crippen LogP contribution in [0.25, 0.3) is 16.9 Å². The minimum atomic E-state index is -0.978. The summed E-state index contributed by atoms with van der Waals surface area (Å²) in [6.45, 7) is 0. The van der Waals surface area contributed by atoms with Crippen molar-refractivity contribution < 1.29 is 9.18 Å². The highest BCUT2D eigenvalue weighted by Crippen LogP contribution is 2.25. The molecular formula is C22H16FN5O4. The first-order chi connectivity index (χ1) is 15.4. The number of anilines is 1. The highest BCUT2D eigenvalue weighted by molar-refractivity contribution is 6.05. The van der Waals surface area contributed by atoms with E-state index in [9.17, 15) is 23.6 Å². The van der Waals surface area contributed by atoms with Crippen molar-refractivity contribution in [3.05, 3.63) is 109 Å². The Labute approximate surface area is 179 Å². The van der Waals surface area contributed by atoms with Crippen molar-refractivity contribution in [2.45, 2.75) is 0 Å². The molecule has 0 aliphatic heterocycles. The lowest BCUT2D eigenvalue weighted by atomic mass is 10.1. The highest BCUT2D eigenvalue weighted by atomic mass is 19.1. The maximum atomic E-state index is 14.2. The van der Waals surface area contributed by atoms with Crippen LogP contribution in [0.2, 0.25) is 0 Å². The molecule has 0 saturated carbocycles. The van der Waals surface area contributed by atoms with Crippen LogP contribution >= 0.6 is 0 Å². The van der Waals surface area contributed by atoms with Gasteiger partial charge in [-0.3, -0.25) is 14.4 Å². The predicted octanol–water partition coefficient (Wildman–Crippen LogP) is 1.68. The molecule has 0 spiro atoms. The molecule has 32 heavy (non-hydrogen) atoms. The zero-order chi connectivity index (χ0) is 22.8. The maximum Gasteiger partial charge on any atom is 0.333 e. The number of aromatic nitrogens is 4. The monoisotopic (exact) mass is 433 g/mol. The normalized spacial score (nSPS) is 10.7. The minimum Gasteiger partial charge on any atom is -0.321 e. The molecule has 2 aromatic carbocycles. The number of H-pyrrole nitrogens is 1. The summed E-state index contributed by atoms with van der Waals surface area (Å²) in [7, 11) is 1.50. The molecular weight excluding hydrogens is 417 g/mol. The number of carbonyl (C=O) groups excluding carboxylic acids is 1. The van der Waals surface area contributed by atoms with Gasteiger partial charge in [0.05, 0.1) is 17.1 Å². The van der Waals surface area contributed by atoms with Gasteiger partial charge in [0.25, 0.3) is 17.0 Å². The fourth-order valence-electron chi connectivity index (χ4n) is 3.14. The Bertz CT molecular complexity index is 1520. The number of hydrogen-bond donors (Lipinski definition) is 2. The smallest absolute Gasteiger partial charge is 0.321 e. The molecule has 0 unspecified atom stereocenters. The van der Waals surface area contributed by atoms with Crippen molar-refractivity contribution in [2.24, 2.45) is 7.05 Å². The van der Waals surface area contributed by atoms with Crippen LogP contribution in [0.4, 0.5) is 10.1 Å². The first kappa shape index (κ1) is 20.7. The van der Waals surface area contributed by atoms with Crippen LogP contribution < -0.4 is 22.1 Å². The van der Waals surface area contributed by atoms with Crippen molar-refractivity contribution in [1.29, 1.82) is 0 Å². The third-order valence-corrected chi connectivity index (χ3v) is 4.73. The van der Waals surface area contributed by atoms with Gasteiger partial charge in [-0.15, -0.1) is 0 Å². The van der Waals surface area contributed by atoms with Crippen LogP contribution in [0.5, 0.6) is 0 Å². The topological polar surface area (TPSA) is 119 Å². The number of halogens is 1. The van der Waals surface area contributed by atoms with Gasteiger partial charge in [-0.25, -0.2) is 18.4 Å². The van der Waals surface area contributed by atoms with Crippen molar-refractivity contribution in [3.8, 4) is 16.9 Å². The first-order valence-corrected chi connectivity index (χ1v) is 9.41. The van der Waals surface area contributed by atoms with Gasteiger partial charge < -0.3 is 10.3 Å². The zero-order valence-electron chi connectivity index (χ0n) is 16.7. The number of aryl methyl sites for hydroxylation is 1. The summed E-state index contributed by atoms with van der Waals surface area (Å²) in [5, 5.41) is 6.79. The third-order valence-electron chi connectivity index (χ3n) is 4.73. The number of amides is 1. The van der Waals surface area contributed by atoms with Crippen molar-refractivity contribution >= 4 is 11.6 Å². The summed E-state index contributed by atoms with van der Waals surface area (Å²) in [6, 6.07) is 14.8. The van der Waals surface area contributed by atoms with Gasteiger partial charge in [-0.2, -0.15) is 5.10 Å². The van der Waals surface area contributed by atoms with Gasteiger partial charge in [0.1, 0.15) is 11.4 Å². The van der Waals surface area contributed by atoms with E-state index in [2.05, 4.69) is 15.4 Å². The SMILES string of the molecule is Cn1nc(-c2ccccc2NC(=O)c2c[nH]c(=O)n(-c3ccccc3F)c2=O)ccc1=O. The molecule has 0 aliphatic carbocycles. The molecule has 2 aromatic heterocycles. The second-order valence-corrected chi connectivity index (χ2v) is 6.78. The molecule has 0 aliphatic rings. The number of hydrogen-bond acceptors (Lipinski definition) is 5. The highest BCUT2D eigenvalue weighted by Gasteiger charge is 2.19. The lowest BCUT2D eigenvalue weighted by Gasteiger charge is -2.12. The largest absolute Gasteiger partial charge is 0.333 e. The predicted molar refractivity (Wildman–Crippen MR) is 115 cm³/mol. The summed E-state index contributed by atoms with van der Waals surface area (Å²) in [6.07, 6.45) is 0.977. The van der Waals surface area contributed by atoms with Crippen LogP contribution in [0.15, 0.2) is 81.2 Å². The summed E-state index contributed by atoms with van der Waals surface area (Å²) < 4.78 is 15.9. The molecule has 10 heteroatoms. The lowest BCUT2D eigenvalue weighted by Crippen LogP contribution is -2.38. The number of benzene rings is 2. The van der Waals surface area contributed by atoms with Crippen LogP contribution in [-0.2, 0) is 7.05 Å². The zero-order valence-corrected chi connectivity index (χ0v) is 16.7. The molecule has 4 aromatic rings. The molecule has 160 valence electrons. The molecule has 9 nitrogen and oxygen atoms in total. The summed E-state index contributed by atoms with van der Waals surface area (Å²) in [4.78, 5) is 51.9. The number of nitrogens with one attached hydrogen (secondary N) is 2. The summed E-state index contributed by atoms with van der Waals surface area (Å²) in [5.74, 6) is -1.60. The molecule has 0 saturated heterocycles. The number of carbonyl (C=O) groups is 1. The van der Waals surface area contributed by atoms with E-state index in [1.54, 1.807) is 24.3 Å². The molecule has 0 radical (unpaired) electrons. The fourth-order valence-corrected chi connectivity index (χ4v) is 3.14. The molecule has 1 amide bonds.